The lowest BCUT2D eigenvalue weighted by atomic mass is 9.81. The predicted octanol–water partition coefficient (Wildman–Crippen LogP) is 1.03. The smallest absolute Gasteiger partial charge is 0.169 e. The van der Waals surface area contributed by atoms with E-state index in [0.717, 1.165) is 0 Å². The van der Waals surface area contributed by atoms with Crippen LogP contribution in [0.15, 0.2) is 24.3 Å². The van der Waals surface area contributed by atoms with Crippen molar-refractivity contribution in [1.82, 2.24) is 0 Å². The Kier molecular flexibility index (Phi) is 1.13. The zero-order chi connectivity index (χ0) is 7.90. The van der Waals surface area contributed by atoms with Gasteiger partial charge in [0.1, 0.15) is 5.41 Å². The number of hydrogen-bond acceptors (Lipinski definition) is 2. The second kappa shape index (κ2) is 1.91. The Morgan fingerprint density at radius 1 is 1.00 bits per heavy atom. The lowest BCUT2D eigenvalue weighted by Crippen LogP contribution is -2.30. The third-order valence-corrected chi connectivity index (χ3v) is 2.41. The Labute approximate surface area is 64.6 Å². The molecule has 2 nitrogen and oxygen atoms in total. The van der Waals surface area contributed by atoms with Gasteiger partial charge in [-0.25, -0.2) is 0 Å². The molecule has 0 saturated heterocycles. The summed E-state index contributed by atoms with van der Waals surface area (Å²) in [5, 5.41) is 0. The second-order valence-corrected chi connectivity index (χ2v) is 3.02. The molecule has 0 fully saturated rings. The maximum Gasteiger partial charge on any atom is 0.169 e. The van der Waals surface area contributed by atoms with Gasteiger partial charge in [0.15, 0.2) is 11.6 Å². The quantitative estimate of drug-likeness (QED) is 0.481. The first kappa shape index (κ1) is 6.53. The van der Waals surface area contributed by atoms with Crippen molar-refractivity contribution in [2.24, 2.45) is 5.41 Å². The molecule has 0 heterocycles. The van der Waals surface area contributed by atoms with E-state index in [9.17, 15) is 9.59 Å². The Morgan fingerprint density at radius 2 is 1.45 bits per heavy atom. The molecule has 0 aromatic rings. The molecule has 0 radical (unpaired) electrons. The summed E-state index contributed by atoms with van der Waals surface area (Å²) in [5.41, 5.74) is -0.694. The highest BCUT2D eigenvalue weighted by molar-refractivity contribution is 6.18. The normalized spacial score (nSPS) is 25.8. The molecule has 2 heteroatoms. The minimum atomic E-state index is -0.694. The number of carbonyl (C=O) groups is 2. The molecule has 0 saturated carbocycles. The molecule has 0 N–H and O–H groups in total. The molecular weight excluding hydrogens is 140 g/mol. The summed E-state index contributed by atoms with van der Waals surface area (Å²) in [4.78, 5) is 22.5. The Hall–Kier alpha value is -1.18. The number of rotatable bonds is 0. The standard InChI is InChI=1S/C9H8O2/c10-7-3-1-5-9(7)6-2-4-8(9)11/h1-4H,5-6H2. The van der Waals surface area contributed by atoms with Crippen molar-refractivity contribution in [3.8, 4) is 0 Å². The fraction of sp³-hybridized carbons (Fsp3) is 0.333. The summed E-state index contributed by atoms with van der Waals surface area (Å²) in [7, 11) is 0. The lowest BCUT2D eigenvalue weighted by Gasteiger charge is -2.17. The van der Waals surface area contributed by atoms with Gasteiger partial charge in [0, 0.05) is 0 Å². The molecule has 0 aliphatic heterocycles. The van der Waals surface area contributed by atoms with E-state index in [0.29, 0.717) is 12.8 Å². The van der Waals surface area contributed by atoms with Gasteiger partial charge in [-0.2, -0.15) is 0 Å². The van der Waals surface area contributed by atoms with Crippen molar-refractivity contribution in [3.05, 3.63) is 24.3 Å². The van der Waals surface area contributed by atoms with Crippen LogP contribution in [0.1, 0.15) is 12.8 Å². The van der Waals surface area contributed by atoms with Crippen LogP contribution in [0.25, 0.3) is 0 Å². The maximum absolute atomic E-state index is 11.3. The minimum absolute atomic E-state index is 0.0208. The molecule has 2 aliphatic rings. The van der Waals surface area contributed by atoms with E-state index < -0.39 is 5.41 Å². The van der Waals surface area contributed by atoms with Gasteiger partial charge in [0.25, 0.3) is 0 Å². The number of ketones is 2. The van der Waals surface area contributed by atoms with Crippen molar-refractivity contribution in [2.75, 3.05) is 0 Å². The van der Waals surface area contributed by atoms with Crippen LogP contribution in [0.2, 0.25) is 0 Å². The zero-order valence-corrected chi connectivity index (χ0v) is 6.04. The van der Waals surface area contributed by atoms with Gasteiger partial charge >= 0.3 is 0 Å². The maximum atomic E-state index is 11.3. The van der Waals surface area contributed by atoms with Crippen LogP contribution < -0.4 is 0 Å². The SMILES string of the molecule is O=C1C=CCC12CC=CC2=O. The first-order valence-electron chi connectivity index (χ1n) is 3.68. The van der Waals surface area contributed by atoms with Crippen molar-refractivity contribution in [1.29, 1.82) is 0 Å². The lowest BCUT2D eigenvalue weighted by molar-refractivity contribution is -0.133. The van der Waals surface area contributed by atoms with Crippen LogP contribution in [0.5, 0.6) is 0 Å². The Bertz CT molecular complexity index is 254. The number of allylic oxidation sites excluding steroid dienone is 4. The number of hydrogen-bond donors (Lipinski definition) is 0. The van der Waals surface area contributed by atoms with E-state index in [1.165, 1.54) is 12.2 Å². The van der Waals surface area contributed by atoms with E-state index in [1.807, 2.05) is 0 Å². The zero-order valence-electron chi connectivity index (χ0n) is 6.04. The Balaban J connectivity index is 2.39. The van der Waals surface area contributed by atoms with Crippen molar-refractivity contribution in [2.45, 2.75) is 12.8 Å². The van der Waals surface area contributed by atoms with E-state index >= 15 is 0 Å². The molecule has 1 spiro atoms. The highest BCUT2D eigenvalue weighted by Crippen LogP contribution is 2.38. The van der Waals surface area contributed by atoms with Gasteiger partial charge in [0.2, 0.25) is 0 Å². The van der Waals surface area contributed by atoms with Crippen LogP contribution in [0, 0.1) is 5.41 Å². The fourth-order valence-electron chi connectivity index (χ4n) is 1.66. The first-order chi connectivity index (χ1) is 5.26. The summed E-state index contributed by atoms with van der Waals surface area (Å²) in [5.74, 6) is -0.0417. The Morgan fingerprint density at radius 3 is 1.73 bits per heavy atom. The van der Waals surface area contributed by atoms with Crippen molar-refractivity contribution >= 4 is 11.6 Å². The average molecular weight is 148 g/mol. The molecule has 56 valence electrons. The summed E-state index contributed by atoms with van der Waals surface area (Å²) < 4.78 is 0. The molecule has 0 aromatic carbocycles. The third-order valence-electron chi connectivity index (χ3n) is 2.41. The van der Waals surface area contributed by atoms with E-state index in [2.05, 4.69) is 0 Å². The molecule has 2 aliphatic carbocycles. The molecule has 0 atom stereocenters. The van der Waals surface area contributed by atoms with Crippen molar-refractivity contribution in [3.63, 3.8) is 0 Å². The monoisotopic (exact) mass is 148 g/mol. The molecule has 0 bridgehead atoms. The van der Waals surface area contributed by atoms with E-state index in [1.54, 1.807) is 12.2 Å². The van der Waals surface area contributed by atoms with Gasteiger partial charge in [-0.1, -0.05) is 12.2 Å². The fourth-order valence-corrected chi connectivity index (χ4v) is 1.66. The van der Waals surface area contributed by atoms with E-state index in [-0.39, 0.29) is 11.6 Å². The minimum Gasteiger partial charge on any atom is -0.294 e. The number of carbonyl (C=O) groups excluding carboxylic acids is 2. The van der Waals surface area contributed by atoms with Crippen LogP contribution in [0.3, 0.4) is 0 Å². The summed E-state index contributed by atoms with van der Waals surface area (Å²) >= 11 is 0. The van der Waals surface area contributed by atoms with Crippen LogP contribution >= 0.6 is 0 Å². The summed E-state index contributed by atoms with van der Waals surface area (Å²) in [6.45, 7) is 0. The summed E-state index contributed by atoms with van der Waals surface area (Å²) in [6, 6.07) is 0. The highest BCUT2D eigenvalue weighted by Gasteiger charge is 2.45. The van der Waals surface area contributed by atoms with Gasteiger partial charge < -0.3 is 0 Å². The second-order valence-electron chi connectivity index (χ2n) is 3.02. The van der Waals surface area contributed by atoms with Gasteiger partial charge in [-0.05, 0) is 25.0 Å². The predicted molar refractivity (Wildman–Crippen MR) is 40.0 cm³/mol. The van der Waals surface area contributed by atoms with Gasteiger partial charge in [0.05, 0.1) is 0 Å². The molecule has 0 aromatic heterocycles. The highest BCUT2D eigenvalue weighted by atomic mass is 16.2. The molecule has 2 rings (SSSR count). The third kappa shape index (κ3) is 0.666. The average Bonchev–Trinajstić information content (AvgIpc) is 2.48. The molecule has 11 heavy (non-hydrogen) atoms. The van der Waals surface area contributed by atoms with Gasteiger partial charge in [-0.3, -0.25) is 9.59 Å². The van der Waals surface area contributed by atoms with Crippen LogP contribution in [-0.4, -0.2) is 11.6 Å². The summed E-state index contributed by atoms with van der Waals surface area (Å²) in [6.07, 6.45) is 7.80. The molecule has 0 unspecified atom stereocenters. The van der Waals surface area contributed by atoms with Crippen LogP contribution in [0.4, 0.5) is 0 Å². The topological polar surface area (TPSA) is 34.1 Å². The van der Waals surface area contributed by atoms with E-state index in [4.69, 9.17) is 0 Å². The van der Waals surface area contributed by atoms with Crippen LogP contribution in [-0.2, 0) is 9.59 Å². The molecule has 0 amide bonds. The van der Waals surface area contributed by atoms with Gasteiger partial charge in [-0.15, -0.1) is 0 Å². The molecular formula is C9H8O2. The van der Waals surface area contributed by atoms with Crippen molar-refractivity contribution < 1.29 is 9.59 Å². The largest absolute Gasteiger partial charge is 0.294 e. The first-order valence-corrected chi connectivity index (χ1v) is 3.68.